The van der Waals surface area contributed by atoms with Gasteiger partial charge < -0.3 is 28.8 Å². The molecule has 35 heavy (non-hydrogen) atoms. The molecule has 0 atom stereocenters. The summed E-state index contributed by atoms with van der Waals surface area (Å²) in [4.78, 5) is 25.5. The van der Waals surface area contributed by atoms with E-state index in [4.69, 9.17) is 18.9 Å². The van der Waals surface area contributed by atoms with Crippen LogP contribution in [-0.4, -0.2) is 48.5 Å². The van der Waals surface area contributed by atoms with Crippen molar-refractivity contribution in [3.63, 3.8) is 0 Å². The molecule has 4 rings (SSSR count). The molecule has 10 nitrogen and oxygen atoms in total. The fourth-order valence-corrected chi connectivity index (χ4v) is 3.69. The number of ether oxygens (including phenoxy) is 4. The van der Waals surface area contributed by atoms with Gasteiger partial charge in [0.05, 0.1) is 34.1 Å². The number of fused-ring (bicyclic) bond motifs is 1. The Hall–Kier alpha value is -4.47. The fraction of sp³-hybridized carbons (Fsp3) is 0.240. The molecule has 0 bridgehead atoms. The highest BCUT2D eigenvalue weighted by atomic mass is 16.5. The standard InChI is InChI=1S/C25H26N4O6/c1-32-20-7-5-16(11-22(20)34-3)14-26-24(30)15-28-9-10-29-19(25(28)31)13-18(27-29)17-6-8-21(33-2)23(12-17)35-4/h5-13H,14-15H2,1-4H3,(H,26,30). The molecule has 0 fully saturated rings. The number of nitrogens with zero attached hydrogens (tertiary/aromatic N) is 3. The first-order chi connectivity index (χ1) is 17.0. The van der Waals surface area contributed by atoms with Crippen molar-refractivity contribution in [2.75, 3.05) is 28.4 Å². The molecule has 0 radical (unpaired) electrons. The lowest BCUT2D eigenvalue weighted by Crippen LogP contribution is -2.32. The van der Waals surface area contributed by atoms with E-state index >= 15 is 0 Å². The monoisotopic (exact) mass is 478 g/mol. The van der Waals surface area contributed by atoms with Gasteiger partial charge in [-0.05, 0) is 42.0 Å². The lowest BCUT2D eigenvalue weighted by atomic mass is 10.1. The van der Waals surface area contributed by atoms with Crippen molar-refractivity contribution in [2.45, 2.75) is 13.1 Å². The van der Waals surface area contributed by atoms with Crippen LogP contribution in [0.25, 0.3) is 16.8 Å². The molecule has 182 valence electrons. The second-order valence-electron chi connectivity index (χ2n) is 7.63. The molecular weight excluding hydrogens is 452 g/mol. The number of carbonyl (C=O) groups excluding carboxylic acids is 1. The summed E-state index contributed by atoms with van der Waals surface area (Å²) in [5.74, 6) is 2.04. The van der Waals surface area contributed by atoms with Crippen LogP contribution in [0.2, 0.25) is 0 Å². The summed E-state index contributed by atoms with van der Waals surface area (Å²) in [6, 6.07) is 12.5. The zero-order chi connectivity index (χ0) is 24.9. The van der Waals surface area contributed by atoms with E-state index in [0.717, 1.165) is 11.1 Å². The normalized spacial score (nSPS) is 10.7. The van der Waals surface area contributed by atoms with E-state index in [2.05, 4.69) is 10.4 Å². The minimum Gasteiger partial charge on any atom is -0.493 e. The lowest BCUT2D eigenvalue weighted by molar-refractivity contribution is -0.121. The molecule has 4 aromatic rings. The molecular formula is C25H26N4O6. The third kappa shape index (κ3) is 4.91. The van der Waals surface area contributed by atoms with E-state index < -0.39 is 0 Å². The summed E-state index contributed by atoms with van der Waals surface area (Å²) in [6.07, 6.45) is 3.18. The number of amides is 1. The van der Waals surface area contributed by atoms with Crippen LogP contribution in [0.15, 0.2) is 59.7 Å². The zero-order valence-electron chi connectivity index (χ0n) is 19.9. The Labute approximate surface area is 201 Å². The van der Waals surface area contributed by atoms with Gasteiger partial charge in [0, 0.05) is 24.5 Å². The summed E-state index contributed by atoms with van der Waals surface area (Å²) in [5, 5.41) is 7.31. The maximum Gasteiger partial charge on any atom is 0.277 e. The predicted molar refractivity (Wildman–Crippen MR) is 129 cm³/mol. The SMILES string of the molecule is COc1ccc(CNC(=O)Cn2ccn3nc(-c4ccc(OC)c(OC)c4)cc3c2=O)cc1OC. The van der Waals surface area contributed by atoms with Gasteiger partial charge in [-0.2, -0.15) is 5.10 Å². The highest BCUT2D eigenvalue weighted by Gasteiger charge is 2.13. The van der Waals surface area contributed by atoms with Gasteiger partial charge in [0.2, 0.25) is 5.91 Å². The van der Waals surface area contributed by atoms with E-state index in [0.29, 0.717) is 34.2 Å². The number of methoxy groups -OCH3 is 4. The van der Waals surface area contributed by atoms with Crippen molar-refractivity contribution in [3.05, 3.63) is 70.8 Å². The number of benzene rings is 2. The Balaban J connectivity index is 1.50. The number of nitrogens with one attached hydrogen (secondary N) is 1. The van der Waals surface area contributed by atoms with Crippen LogP contribution < -0.4 is 29.8 Å². The van der Waals surface area contributed by atoms with E-state index in [1.807, 2.05) is 12.1 Å². The van der Waals surface area contributed by atoms with Gasteiger partial charge >= 0.3 is 0 Å². The highest BCUT2D eigenvalue weighted by Crippen LogP contribution is 2.32. The zero-order valence-corrected chi connectivity index (χ0v) is 19.9. The van der Waals surface area contributed by atoms with Crippen molar-refractivity contribution in [3.8, 4) is 34.3 Å². The van der Waals surface area contributed by atoms with Crippen LogP contribution in [0.1, 0.15) is 5.56 Å². The Kier molecular flexibility index (Phi) is 6.91. The molecule has 2 aromatic heterocycles. The van der Waals surface area contributed by atoms with Crippen LogP contribution in [-0.2, 0) is 17.9 Å². The predicted octanol–water partition coefficient (Wildman–Crippen LogP) is 2.51. The van der Waals surface area contributed by atoms with Crippen molar-refractivity contribution in [1.82, 2.24) is 19.5 Å². The Morgan fingerprint density at radius 1 is 0.857 bits per heavy atom. The van der Waals surface area contributed by atoms with Gasteiger partial charge in [0.15, 0.2) is 23.0 Å². The first kappa shape index (κ1) is 23.7. The van der Waals surface area contributed by atoms with Crippen LogP contribution in [0.3, 0.4) is 0 Å². The average molecular weight is 479 g/mol. The van der Waals surface area contributed by atoms with Gasteiger partial charge in [0.25, 0.3) is 5.56 Å². The Bertz CT molecular complexity index is 1430. The van der Waals surface area contributed by atoms with Crippen molar-refractivity contribution >= 4 is 11.4 Å². The topological polar surface area (TPSA) is 105 Å². The van der Waals surface area contributed by atoms with Crippen LogP contribution in [0, 0.1) is 0 Å². The van der Waals surface area contributed by atoms with Crippen molar-refractivity contribution in [1.29, 1.82) is 0 Å². The highest BCUT2D eigenvalue weighted by molar-refractivity contribution is 5.76. The van der Waals surface area contributed by atoms with Gasteiger partial charge in [-0.3, -0.25) is 9.59 Å². The largest absolute Gasteiger partial charge is 0.493 e. The van der Waals surface area contributed by atoms with E-state index in [-0.39, 0.29) is 24.6 Å². The smallest absolute Gasteiger partial charge is 0.277 e. The van der Waals surface area contributed by atoms with Crippen molar-refractivity contribution in [2.24, 2.45) is 0 Å². The molecule has 2 aromatic carbocycles. The quantitative estimate of drug-likeness (QED) is 0.394. The van der Waals surface area contributed by atoms with Gasteiger partial charge in [-0.15, -0.1) is 0 Å². The molecule has 0 saturated carbocycles. The molecule has 1 N–H and O–H groups in total. The van der Waals surface area contributed by atoms with E-state index in [1.165, 1.54) is 15.3 Å². The van der Waals surface area contributed by atoms with Gasteiger partial charge in [-0.25, -0.2) is 4.52 Å². The number of aromatic nitrogens is 3. The summed E-state index contributed by atoms with van der Waals surface area (Å²) < 4.78 is 24.0. The molecule has 0 spiro atoms. The maximum absolute atomic E-state index is 13.0. The summed E-state index contributed by atoms with van der Waals surface area (Å²) in [7, 11) is 6.23. The molecule has 0 saturated heterocycles. The molecule has 10 heteroatoms. The Morgan fingerprint density at radius 3 is 2.20 bits per heavy atom. The average Bonchev–Trinajstić information content (AvgIpc) is 3.33. The second-order valence-corrected chi connectivity index (χ2v) is 7.63. The number of hydrogen-bond acceptors (Lipinski definition) is 7. The molecule has 0 aliphatic carbocycles. The summed E-state index contributed by atoms with van der Waals surface area (Å²) in [5.41, 5.74) is 2.23. The van der Waals surface area contributed by atoms with Crippen LogP contribution in [0.4, 0.5) is 0 Å². The van der Waals surface area contributed by atoms with Crippen LogP contribution >= 0.6 is 0 Å². The third-order valence-corrected chi connectivity index (χ3v) is 5.53. The number of rotatable bonds is 9. The molecule has 2 heterocycles. The Morgan fingerprint density at radius 2 is 1.51 bits per heavy atom. The van der Waals surface area contributed by atoms with E-state index in [9.17, 15) is 9.59 Å². The van der Waals surface area contributed by atoms with Gasteiger partial charge in [0.1, 0.15) is 12.1 Å². The minimum absolute atomic E-state index is 0.126. The molecule has 1 amide bonds. The molecule has 0 aliphatic heterocycles. The van der Waals surface area contributed by atoms with E-state index in [1.54, 1.807) is 65.0 Å². The third-order valence-electron chi connectivity index (χ3n) is 5.53. The number of carbonyl (C=O) groups is 1. The fourth-order valence-electron chi connectivity index (χ4n) is 3.69. The first-order valence-electron chi connectivity index (χ1n) is 10.8. The maximum atomic E-state index is 13.0. The van der Waals surface area contributed by atoms with Crippen molar-refractivity contribution < 1.29 is 23.7 Å². The number of hydrogen-bond donors (Lipinski definition) is 1. The lowest BCUT2D eigenvalue weighted by Gasteiger charge is -2.11. The summed E-state index contributed by atoms with van der Waals surface area (Å²) in [6.45, 7) is 0.159. The van der Waals surface area contributed by atoms with Gasteiger partial charge in [-0.1, -0.05) is 6.07 Å². The minimum atomic E-state index is -0.326. The molecule has 0 aliphatic rings. The van der Waals surface area contributed by atoms with Crippen LogP contribution in [0.5, 0.6) is 23.0 Å². The molecule has 0 unspecified atom stereocenters. The summed E-state index contributed by atoms with van der Waals surface area (Å²) >= 11 is 0. The second kappa shape index (κ2) is 10.2. The first-order valence-corrected chi connectivity index (χ1v) is 10.8.